The minimum atomic E-state index is -1.79. The van der Waals surface area contributed by atoms with Crippen molar-refractivity contribution in [2.45, 2.75) is 19.6 Å². The molecule has 1 nitrogen and oxygen atoms in total. The van der Waals surface area contributed by atoms with Gasteiger partial charge in [-0.3, -0.25) is 0 Å². The van der Waals surface area contributed by atoms with Gasteiger partial charge in [0, 0.05) is 0 Å². The molecule has 84 valence electrons. The van der Waals surface area contributed by atoms with Crippen LogP contribution < -0.4 is 4.43 Å². The van der Waals surface area contributed by atoms with Crippen LogP contribution >= 0.6 is 46.4 Å². The normalized spacial score (nSPS) is 11.7. The van der Waals surface area contributed by atoms with Crippen LogP contribution in [0.3, 0.4) is 0 Å². The van der Waals surface area contributed by atoms with Crippen LogP contribution in [0.2, 0.25) is 39.7 Å². The van der Waals surface area contributed by atoms with E-state index in [9.17, 15) is 0 Å². The zero-order chi connectivity index (χ0) is 11.8. The molecule has 0 aliphatic rings. The van der Waals surface area contributed by atoms with E-state index in [1.54, 1.807) is 0 Å². The van der Waals surface area contributed by atoms with Crippen molar-refractivity contribution >= 4 is 54.7 Å². The SMILES string of the molecule is C[Si](C)(C)Oc1c(Cl)c(Cl)cc(Cl)c1Cl. The Hall–Kier alpha value is 0.397. The molecular formula is C9H10Cl4OSi. The van der Waals surface area contributed by atoms with E-state index >= 15 is 0 Å². The lowest BCUT2D eigenvalue weighted by Gasteiger charge is -2.21. The molecule has 0 spiro atoms. The average molecular weight is 304 g/mol. The van der Waals surface area contributed by atoms with E-state index in [4.69, 9.17) is 50.8 Å². The van der Waals surface area contributed by atoms with Crippen molar-refractivity contribution in [2.24, 2.45) is 0 Å². The maximum absolute atomic E-state index is 6.00. The Balaban J connectivity index is 3.27. The Labute approximate surface area is 110 Å². The first-order valence-electron chi connectivity index (χ1n) is 4.24. The fourth-order valence-corrected chi connectivity index (χ4v) is 2.76. The summed E-state index contributed by atoms with van der Waals surface area (Å²) < 4.78 is 5.73. The first-order chi connectivity index (χ1) is 6.72. The molecule has 0 aromatic heterocycles. The Bertz CT molecular complexity index is 360. The molecular weight excluding hydrogens is 294 g/mol. The molecule has 0 atom stereocenters. The Morgan fingerprint density at radius 2 is 1.33 bits per heavy atom. The zero-order valence-electron chi connectivity index (χ0n) is 8.50. The number of hydrogen-bond donors (Lipinski definition) is 0. The van der Waals surface area contributed by atoms with Crippen molar-refractivity contribution in [3.63, 3.8) is 0 Å². The van der Waals surface area contributed by atoms with Gasteiger partial charge in [-0.2, -0.15) is 0 Å². The molecule has 0 N–H and O–H groups in total. The van der Waals surface area contributed by atoms with E-state index < -0.39 is 8.32 Å². The molecule has 0 saturated heterocycles. The van der Waals surface area contributed by atoms with E-state index in [2.05, 4.69) is 0 Å². The quantitative estimate of drug-likeness (QED) is 0.517. The Kier molecular flexibility index (Phi) is 4.24. The summed E-state index contributed by atoms with van der Waals surface area (Å²) in [5.41, 5.74) is 0. The maximum Gasteiger partial charge on any atom is 0.242 e. The van der Waals surface area contributed by atoms with Crippen LogP contribution in [-0.4, -0.2) is 8.32 Å². The highest BCUT2D eigenvalue weighted by molar-refractivity contribution is 6.70. The third kappa shape index (κ3) is 3.43. The van der Waals surface area contributed by atoms with Crippen molar-refractivity contribution in [2.75, 3.05) is 0 Å². The molecule has 1 aromatic rings. The van der Waals surface area contributed by atoms with Crippen LogP contribution in [0.5, 0.6) is 5.75 Å². The molecule has 0 unspecified atom stereocenters. The monoisotopic (exact) mass is 302 g/mol. The van der Waals surface area contributed by atoms with Crippen molar-refractivity contribution in [3.8, 4) is 5.75 Å². The van der Waals surface area contributed by atoms with Gasteiger partial charge in [0.1, 0.15) is 15.8 Å². The zero-order valence-corrected chi connectivity index (χ0v) is 12.5. The van der Waals surface area contributed by atoms with Gasteiger partial charge >= 0.3 is 0 Å². The van der Waals surface area contributed by atoms with Crippen LogP contribution in [0.1, 0.15) is 0 Å². The lowest BCUT2D eigenvalue weighted by Crippen LogP contribution is -2.29. The van der Waals surface area contributed by atoms with Gasteiger partial charge in [-0.1, -0.05) is 46.4 Å². The van der Waals surface area contributed by atoms with E-state index in [-0.39, 0.29) is 0 Å². The highest BCUT2D eigenvalue weighted by atomic mass is 35.5. The van der Waals surface area contributed by atoms with E-state index in [0.29, 0.717) is 25.8 Å². The molecule has 15 heavy (non-hydrogen) atoms. The Morgan fingerprint density at radius 3 is 1.67 bits per heavy atom. The number of benzene rings is 1. The van der Waals surface area contributed by atoms with Crippen LogP contribution in [0.15, 0.2) is 6.07 Å². The van der Waals surface area contributed by atoms with E-state index in [1.165, 1.54) is 6.07 Å². The lowest BCUT2D eigenvalue weighted by atomic mass is 10.3. The minimum Gasteiger partial charge on any atom is -0.542 e. The number of halogens is 4. The molecule has 1 aromatic carbocycles. The van der Waals surface area contributed by atoms with Gasteiger partial charge in [0.2, 0.25) is 8.32 Å². The number of hydrogen-bond acceptors (Lipinski definition) is 1. The van der Waals surface area contributed by atoms with Crippen LogP contribution in [0.4, 0.5) is 0 Å². The van der Waals surface area contributed by atoms with Crippen LogP contribution in [0, 0.1) is 0 Å². The maximum atomic E-state index is 6.00. The molecule has 0 amide bonds. The Morgan fingerprint density at radius 1 is 0.933 bits per heavy atom. The average Bonchev–Trinajstić information content (AvgIpc) is 2.08. The van der Waals surface area contributed by atoms with E-state index in [0.717, 1.165) is 0 Å². The first-order valence-corrected chi connectivity index (χ1v) is 9.16. The van der Waals surface area contributed by atoms with Gasteiger partial charge in [-0.05, 0) is 25.7 Å². The second-order valence-electron chi connectivity index (χ2n) is 4.01. The van der Waals surface area contributed by atoms with Crippen molar-refractivity contribution in [1.29, 1.82) is 0 Å². The van der Waals surface area contributed by atoms with Gasteiger partial charge in [0.25, 0.3) is 0 Å². The molecule has 0 radical (unpaired) electrons. The summed E-state index contributed by atoms with van der Waals surface area (Å²) in [5, 5.41) is 1.32. The summed E-state index contributed by atoms with van der Waals surface area (Å²) >= 11 is 23.8. The molecule has 6 heteroatoms. The largest absolute Gasteiger partial charge is 0.542 e. The fourth-order valence-electron chi connectivity index (χ4n) is 0.947. The molecule has 0 aliphatic heterocycles. The predicted octanol–water partition coefficient (Wildman–Crippen LogP) is 5.51. The van der Waals surface area contributed by atoms with Gasteiger partial charge < -0.3 is 4.43 Å². The summed E-state index contributed by atoms with van der Waals surface area (Å²) in [6.45, 7) is 6.07. The minimum absolute atomic E-state index is 0.313. The first kappa shape index (κ1) is 13.5. The molecule has 0 saturated carbocycles. The number of rotatable bonds is 2. The topological polar surface area (TPSA) is 9.23 Å². The smallest absolute Gasteiger partial charge is 0.242 e. The van der Waals surface area contributed by atoms with Gasteiger partial charge in [0.15, 0.2) is 0 Å². The molecule has 0 heterocycles. The summed E-state index contributed by atoms with van der Waals surface area (Å²) in [4.78, 5) is 0. The summed E-state index contributed by atoms with van der Waals surface area (Å²) in [6, 6.07) is 1.50. The molecule has 0 fully saturated rings. The second kappa shape index (κ2) is 4.72. The van der Waals surface area contributed by atoms with Gasteiger partial charge in [-0.15, -0.1) is 0 Å². The molecule has 0 aliphatic carbocycles. The van der Waals surface area contributed by atoms with Crippen molar-refractivity contribution < 1.29 is 4.43 Å². The van der Waals surface area contributed by atoms with Gasteiger partial charge in [-0.25, -0.2) is 0 Å². The second-order valence-corrected chi connectivity index (χ2v) is 10.0. The van der Waals surface area contributed by atoms with Crippen LogP contribution in [0.25, 0.3) is 0 Å². The van der Waals surface area contributed by atoms with Crippen LogP contribution in [-0.2, 0) is 0 Å². The highest BCUT2D eigenvalue weighted by Gasteiger charge is 2.22. The van der Waals surface area contributed by atoms with Crippen molar-refractivity contribution in [1.82, 2.24) is 0 Å². The third-order valence-electron chi connectivity index (χ3n) is 1.48. The van der Waals surface area contributed by atoms with Crippen molar-refractivity contribution in [3.05, 3.63) is 26.2 Å². The third-order valence-corrected chi connectivity index (χ3v) is 3.84. The highest BCUT2D eigenvalue weighted by Crippen LogP contribution is 2.43. The standard InChI is InChI=1S/C9H10Cl4OSi/c1-15(2,3)14-9-7(12)5(10)4-6(11)8(9)13/h4H,1-3H3. The fraction of sp³-hybridized carbons (Fsp3) is 0.333. The summed E-state index contributed by atoms with van der Waals surface area (Å²) in [6.07, 6.45) is 0. The lowest BCUT2D eigenvalue weighted by molar-refractivity contribution is 0.558. The summed E-state index contributed by atoms with van der Waals surface area (Å²) in [5.74, 6) is 0.384. The molecule has 1 rings (SSSR count). The summed E-state index contributed by atoms with van der Waals surface area (Å²) in [7, 11) is -1.79. The van der Waals surface area contributed by atoms with E-state index in [1.807, 2.05) is 19.6 Å². The molecule has 0 bridgehead atoms. The predicted molar refractivity (Wildman–Crippen MR) is 70.5 cm³/mol. The van der Waals surface area contributed by atoms with Gasteiger partial charge in [0.05, 0.1) is 10.0 Å².